The summed E-state index contributed by atoms with van der Waals surface area (Å²) in [6.07, 6.45) is 3.64. The fourth-order valence-electron chi connectivity index (χ4n) is 2.71. The molecular weight excluding hydrogens is 240 g/mol. The van der Waals surface area contributed by atoms with Gasteiger partial charge < -0.3 is 15.1 Å². The summed E-state index contributed by atoms with van der Waals surface area (Å²) in [5.74, 6) is 2.24. The van der Waals surface area contributed by atoms with E-state index in [0.29, 0.717) is 17.9 Å². The third-order valence-corrected chi connectivity index (χ3v) is 4.25. The van der Waals surface area contributed by atoms with Gasteiger partial charge in [-0.2, -0.15) is 0 Å². The fourth-order valence-corrected chi connectivity index (χ4v) is 2.71. The molecular formula is C14H26N4O. The van der Waals surface area contributed by atoms with Crippen LogP contribution in [0.3, 0.4) is 0 Å². The van der Waals surface area contributed by atoms with E-state index < -0.39 is 0 Å². The molecule has 4 unspecified atom stereocenters. The molecule has 4 atom stereocenters. The number of nitrogens with zero attached hydrogens (tertiary/aromatic N) is 2. The van der Waals surface area contributed by atoms with Gasteiger partial charge in [0.1, 0.15) is 0 Å². The Labute approximate surface area is 115 Å². The van der Waals surface area contributed by atoms with Gasteiger partial charge in [0.2, 0.25) is 5.89 Å². The van der Waals surface area contributed by atoms with Crippen molar-refractivity contribution in [3.8, 4) is 0 Å². The van der Waals surface area contributed by atoms with Crippen LogP contribution in [0, 0.1) is 11.8 Å². The topological polar surface area (TPSA) is 63.0 Å². The normalized spacial score (nSPS) is 29.2. The first kappa shape index (κ1) is 14.3. The minimum absolute atomic E-state index is 0.110. The van der Waals surface area contributed by atoms with Crippen LogP contribution in [0.15, 0.2) is 4.42 Å². The number of hydrogen-bond acceptors (Lipinski definition) is 5. The van der Waals surface area contributed by atoms with Crippen molar-refractivity contribution >= 4 is 6.01 Å². The Morgan fingerprint density at radius 3 is 2.74 bits per heavy atom. The Balaban J connectivity index is 1.89. The summed E-state index contributed by atoms with van der Waals surface area (Å²) < 4.78 is 5.67. The SMILES string of the molecule is CCNC(C)c1nnc(NC2CCC(C)C(C)C2)o1. The van der Waals surface area contributed by atoms with Crippen LogP contribution >= 0.6 is 0 Å². The maximum Gasteiger partial charge on any atom is 0.315 e. The molecule has 0 saturated heterocycles. The van der Waals surface area contributed by atoms with Crippen molar-refractivity contribution in [2.24, 2.45) is 11.8 Å². The molecule has 0 bridgehead atoms. The van der Waals surface area contributed by atoms with Gasteiger partial charge in [0.05, 0.1) is 6.04 Å². The van der Waals surface area contributed by atoms with Gasteiger partial charge in [-0.25, -0.2) is 0 Å². The monoisotopic (exact) mass is 266 g/mol. The first-order valence-corrected chi connectivity index (χ1v) is 7.43. The lowest BCUT2D eigenvalue weighted by Gasteiger charge is -2.31. The molecule has 1 aliphatic rings. The second kappa shape index (κ2) is 6.37. The minimum atomic E-state index is 0.110. The Hall–Kier alpha value is -1.10. The van der Waals surface area contributed by atoms with E-state index in [1.807, 2.05) is 6.92 Å². The number of nitrogens with one attached hydrogen (secondary N) is 2. The van der Waals surface area contributed by atoms with Crippen molar-refractivity contribution in [3.63, 3.8) is 0 Å². The summed E-state index contributed by atoms with van der Waals surface area (Å²) >= 11 is 0. The summed E-state index contributed by atoms with van der Waals surface area (Å²) in [5, 5.41) is 14.8. The van der Waals surface area contributed by atoms with Gasteiger partial charge >= 0.3 is 6.01 Å². The second-order valence-corrected chi connectivity index (χ2v) is 5.83. The summed E-state index contributed by atoms with van der Waals surface area (Å²) in [5.41, 5.74) is 0. The quantitative estimate of drug-likeness (QED) is 0.858. The van der Waals surface area contributed by atoms with E-state index in [0.717, 1.165) is 18.4 Å². The Kier molecular flexibility index (Phi) is 4.80. The van der Waals surface area contributed by atoms with Gasteiger partial charge in [-0.1, -0.05) is 25.9 Å². The van der Waals surface area contributed by atoms with Crippen LogP contribution in [0.1, 0.15) is 58.9 Å². The third kappa shape index (κ3) is 3.69. The molecule has 0 aliphatic heterocycles. The van der Waals surface area contributed by atoms with Crippen molar-refractivity contribution in [2.45, 2.75) is 59.0 Å². The van der Waals surface area contributed by atoms with Crippen LogP contribution in [0.5, 0.6) is 0 Å². The van der Waals surface area contributed by atoms with E-state index >= 15 is 0 Å². The smallest absolute Gasteiger partial charge is 0.315 e. The lowest BCUT2D eigenvalue weighted by Crippen LogP contribution is -2.30. The molecule has 0 radical (unpaired) electrons. The number of aromatic nitrogens is 2. The Bertz CT molecular complexity index is 393. The zero-order valence-electron chi connectivity index (χ0n) is 12.4. The van der Waals surface area contributed by atoms with Crippen molar-refractivity contribution in [3.05, 3.63) is 5.89 Å². The second-order valence-electron chi connectivity index (χ2n) is 5.83. The van der Waals surface area contributed by atoms with Gasteiger partial charge in [-0.15, -0.1) is 5.10 Å². The van der Waals surface area contributed by atoms with Crippen LogP contribution in [-0.4, -0.2) is 22.8 Å². The van der Waals surface area contributed by atoms with Crippen molar-refractivity contribution < 1.29 is 4.42 Å². The molecule has 1 aromatic rings. The molecule has 1 saturated carbocycles. The molecule has 2 N–H and O–H groups in total. The molecule has 5 heteroatoms. The highest BCUT2D eigenvalue weighted by molar-refractivity contribution is 5.20. The zero-order valence-corrected chi connectivity index (χ0v) is 12.4. The van der Waals surface area contributed by atoms with Crippen molar-refractivity contribution in [1.82, 2.24) is 15.5 Å². The highest BCUT2D eigenvalue weighted by atomic mass is 16.4. The summed E-state index contributed by atoms with van der Waals surface area (Å²) in [4.78, 5) is 0. The van der Waals surface area contributed by atoms with Gasteiger partial charge in [0.15, 0.2) is 0 Å². The van der Waals surface area contributed by atoms with E-state index in [4.69, 9.17) is 4.42 Å². The molecule has 1 heterocycles. The standard InChI is InChI=1S/C14H26N4O/c1-5-15-11(4)13-17-18-14(19-13)16-12-7-6-9(2)10(3)8-12/h9-12,15H,5-8H2,1-4H3,(H,16,18). The van der Waals surface area contributed by atoms with Gasteiger partial charge in [-0.05, 0) is 44.6 Å². The molecule has 1 aromatic heterocycles. The molecule has 19 heavy (non-hydrogen) atoms. The molecule has 5 nitrogen and oxygen atoms in total. The Morgan fingerprint density at radius 2 is 2.05 bits per heavy atom. The molecule has 1 aliphatic carbocycles. The predicted molar refractivity (Wildman–Crippen MR) is 76.0 cm³/mol. The van der Waals surface area contributed by atoms with E-state index in [2.05, 4.69) is 41.6 Å². The van der Waals surface area contributed by atoms with Gasteiger partial charge in [0.25, 0.3) is 0 Å². The predicted octanol–water partition coefficient (Wildman–Crippen LogP) is 2.98. The van der Waals surface area contributed by atoms with Crippen LogP contribution in [0.4, 0.5) is 6.01 Å². The van der Waals surface area contributed by atoms with Gasteiger partial charge in [0, 0.05) is 6.04 Å². The van der Waals surface area contributed by atoms with Crippen LogP contribution in [-0.2, 0) is 0 Å². The Morgan fingerprint density at radius 1 is 1.26 bits per heavy atom. The van der Waals surface area contributed by atoms with E-state index in [9.17, 15) is 0 Å². The third-order valence-electron chi connectivity index (χ3n) is 4.25. The van der Waals surface area contributed by atoms with E-state index in [1.54, 1.807) is 0 Å². The molecule has 0 aromatic carbocycles. The first-order chi connectivity index (χ1) is 9.10. The molecule has 1 fully saturated rings. The number of anilines is 1. The number of hydrogen-bond donors (Lipinski definition) is 2. The van der Waals surface area contributed by atoms with E-state index in [-0.39, 0.29) is 6.04 Å². The van der Waals surface area contributed by atoms with E-state index in [1.165, 1.54) is 19.3 Å². The van der Waals surface area contributed by atoms with Crippen LogP contribution in [0.25, 0.3) is 0 Å². The maximum atomic E-state index is 5.67. The summed E-state index contributed by atoms with van der Waals surface area (Å²) in [6.45, 7) is 9.65. The molecule has 2 rings (SSSR count). The molecule has 0 amide bonds. The minimum Gasteiger partial charge on any atom is -0.406 e. The number of rotatable bonds is 5. The highest BCUT2D eigenvalue weighted by Crippen LogP contribution is 2.30. The van der Waals surface area contributed by atoms with Crippen LogP contribution in [0.2, 0.25) is 0 Å². The lowest BCUT2D eigenvalue weighted by molar-refractivity contribution is 0.258. The highest BCUT2D eigenvalue weighted by Gasteiger charge is 2.25. The van der Waals surface area contributed by atoms with Crippen molar-refractivity contribution in [1.29, 1.82) is 0 Å². The lowest BCUT2D eigenvalue weighted by atomic mass is 9.79. The van der Waals surface area contributed by atoms with Gasteiger partial charge in [-0.3, -0.25) is 0 Å². The average Bonchev–Trinajstić information content (AvgIpc) is 2.83. The fraction of sp³-hybridized carbons (Fsp3) is 0.857. The summed E-state index contributed by atoms with van der Waals surface area (Å²) in [6, 6.07) is 1.14. The largest absolute Gasteiger partial charge is 0.406 e. The average molecular weight is 266 g/mol. The van der Waals surface area contributed by atoms with Crippen molar-refractivity contribution in [2.75, 3.05) is 11.9 Å². The first-order valence-electron chi connectivity index (χ1n) is 7.43. The zero-order chi connectivity index (χ0) is 13.8. The maximum absolute atomic E-state index is 5.67. The molecule has 108 valence electrons. The summed E-state index contributed by atoms with van der Waals surface area (Å²) in [7, 11) is 0. The molecule has 0 spiro atoms. The van der Waals surface area contributed by atoms with Crippen LogP contribution < -0.4 is 10.6 Å².